The fourth-order valence-electron chi connectivity index (χ4n) is 2.59. The molecule has 4 N–H and O–H groups in total. The lowest BCUT2D eigenvalue weighted by atomic mass is 9.77. The van der Waals surface area contributed by atoms with Crippen molar-refractivity contribution in [1.29, 1.82) is 0 Å². The summed E-state index contributed by atoms with van der Waals surface area (Å²) in [4.78, 5) is 14.6. The predicted molar refractivity (Wildman–Crippen MR) is 76.4 cm³/mol. The maximum atomic E-state index is 11.0. The van der Waals surface area contributed by atoms with Crippen molar-refractivity contribution >= 4 is 17.3 Å². The van der Waals surface area contributed by atoms with Gasteiger partial charge in [0.25, 0.3) is 0 Å². The van der Waals surface area contributed by atoms with E-state index in [2.05, 4.69) is 17.2 Å². The van der Waals surface area contributed by atoms with Gasteiger partial charge in [0, 0.05) is 6.07 Å². The van der Waals surface area contributed by atoms with Crippen molar-refractivity contribution in [1.82, 2.24) is 4.98 Å². The van der Waals surface area contributed by atoms with E-state index >= 15 is 0 Å². The van der Waals surface area contributed by atoms with Crippen LogP contribution in [0.25, 0.3) is 0 Å². The van der Waals surface area contributed by atoms with Crippen molar-refractivity contribution < 1.29 is 10.0 Å². The standard InChI is InChI=1S/C13H20N4O3/c1-9-4-6-13(8-18,7-5-9)16-12-10(17(19)20)2-3-11(14)15-12/h2-3,9,18H,4-8H2,1H3,(H3,14,15,16). The minimum atomic E-state index is -0.544. The van der Waals surface area contributed by atoms with Gasteiger partial charge in [0.15, 0.2) is 0 Å². The highest BCUT2D eigenvalue weighted by molar-refractivity contribution is 5.60. The molecular weight excluding hydrogens is 260 g/mol. The van der Waals surface area contributed by atoms with Crippen LogP contribution in [0.2, 0.25) is 0 Å². The number of hydrogen-bond acceptors (Lipinski definition) is 6. The first-order valence-electron chi connectivity index (χ1n) is 6.76. The molecule has 0 aliphatic heterocycles. The molecule has 1 saturated carbocycles. The molecular formula is C13H20N4O3. The SMILES string of the molecule is CC1CCC(CO)(Nc2nc(N)ccc2[N+](=O)[O-])CC1. The maximum Gasteiger partial charge on any atom is 0.311 e. The molecule has 0 unspecified atom stereocenters. The summed E-state index contributed by atoms with van der Waals surface area (Å²) >= 11 is 0. The second-order valence-corrected chi connectivity index (χ2v) is 5.61. The number of pyridine rings is 1. The Balaban J connectivity index is 2.27. The zero-order chi connectivity index (χ0) is 14.8. The summed E-state index contributed by atoms with van der Waals surface area (Å²) in [6, 6.07) is 2.74. The van der Waals surface area contributed by atoms with Crippen LogP contribution in [0.4, 0.5) is 17.3 Å². The molecule has 0 spiro atoms. The number of anilines is 2. The molecule has 2 rings (SSSR count). The molecule has 1 heterocycles. The van der Waals surface area contributed by atoms with Crippen molar-refractivity contribution in [2.45, 2.75) is 38.1 Å². The van der Waals surface area contributed by atoms with Gasteiger partial charge in [-0.05, 0) is 37.7 Å². The summed E-state index contributed by atoms with van der Waals surface area (Å²) in [7, 11) is 0. The molecule has 1 aromatic heterocycles. The van der Waals surface area contributed by atoms with Gasteiger partial charge < -0.3 is 16.2 Å². The first-order chi connectivity index (χ1) is 9.46. The van der Waals surface area contributed by atoms with Gasteiger partial charge in [-0.3, -0.25) is 10.1 Å². The average Bonchev–Trinajstić information content (AvgIpc) is 2.41. The molecule has 0 atom stereocenters. The third-order valence-corrected chi connectivity index (χ3v) is 4.01. The van der Waals surface area contributed by atoms with E-state index in [9.17, 15) is 15.2 Å². The highest BCUT2D eigenvalue weighted by Crippen LogP contribution is 2.36. The van der Waals surface area contributed by atoms with E-state index in [1.165, 1.54) is 12.1 Å². The lowest BCUT2D eigenvalue weighted by molar-refractivity contribution is -0.384. The minimum absolute atomic E-state index is 0.0760. The Morgan fingerprint density at radius 2 is 2.20 bits per heavy atom. The first kappa shape index (κ1) is 14.5. The third-order valence-electron chi connectivity index (χ3n) is 4.01. The number of nitrogens with one attached hydrogen (secondary N) is 1. The lowest BCUT2D eigenvalue weighted by Crippen LogP contribution is -2.45. The van der Waals surface area contributed by atoms with Crippen LogP contribution in [0.5, 0.6) is 0 Å². The quantitative estimate of drug-likeness (QED) is 0.573. The van der Waals surface area contributed by atoms with Crippen molar-refractivity contribution in [2.24, 2.45) is 5.92 Å². The van der Waals surface area contributed by atoms with Crippen LogP contribution in [0, 0.1) is 16.0 Å². The van der Waals surface area contributed by atoms with Crippen molar-refractivity contribution in [2.75, 3.05) is 17.7 Å². The number of nitrogens with two attached hydrogens (primary N) is 1. The van der Waals surface area contributed by atoms with Gasteiger partial charge in [0.1, 0.15) is 5.82 Å². The Morgan fingerprint density at radius 3 is 2.75 bits per heavy atom. The normalized spacial score (nSPS) is 26.2. The Morgan fingerprint density at radius 1 is 1.55 bits per heavy atom. The van der Waals surface area contributed by atoms with Crippen molar-refractivity contribution in [3.63, 3.8) is 0 Å². The van der Waals surface area contributed by atoms with Gasteiger partial charge in [-0.15, -0.1) is 0 Å². The summed E-state index contributed by atoms with van der Waals surface area (Å²) in [6.07, 6.45) is 3.48. The first-order valence-corrected chi connectivity index (χ1v) is 6.76. The van der Waals surface area contributed by atoms with Crippen LogP contribution in [0.15, 0.2) is 12.1 Å². The fourth-order valence-corrected chi connectivity index (χ4v) is 2.59. The number of aliphatic hydroxyl groups is 1. The summed E-state index contributed by atoms with van der Waals surface area (Å²) in [5.41, 5.74) is 4.94. The van der Waals surface area contributed by atoms with Gasteiger partial charge >= 0.3 is 5.69 Å². The average molecular weight is 280 g/mol. The summed E-state index contributed by atoms with van der Waals surface area (Å²) in [5.74, 6) is 0.967. The zero-order valence-electron chi connectivity index (χ0n) is 11.5. The Kier molecular flexibility index (Phi) is 4.08. The van der Waals surface area contributed by atoms with Gasteiger partial charge in [0.05, 0.1) is 17.1 Å². The van der Waals surface area contributed by atoms with E-state index in [0.717, 1.165) is 25.7 Å². The van der Waals surface area contributed by atoms with Crippen molar-refractivity contribution in [3.05, 3.63) is 22.2 Å². The van der Waals surface area contributed by atoms with E-state index in [-0.39, 0.29) is 23.9 Å². The summed E-state index contributed by atoms with van der Waals surface area (Å²) in [6.45, 7) is 2.09. The minimum Gasteiger partial charge on any atom is -0.394 e. The molecule has 1 aliphatic rings. The molecule has 1 aromatic rings. The number of aliphatic hydroxyl groups excluding tert-OH is 1. The lowest BCUT2D eigenvalue weighted by Gasteiger charge is -2.39. The number of hydrogen-bond donors (Lipinski definition) is 3. The van der Waals surface area contributed by atoms with Crippen LogP contribution in [0.3, 0.4) is 0 Å². The van der Waals surface area contributed by atoms with Gasteiger partial charge in [-0.1, -0.05) is 6.92 Å². The second-order valence-electron chi connectivity index (χ2n) is 5.61. The van der Waals surface area contributed by atoms with Crippen LogP contribution in [-0.4, -0.2) is 27.2 Å². The molecule has 1 fully saturated rings. The monoisotopic (exact) mass is 280 g/mol. The number of nitro groups is 1. The topological polar surface area (TPSA) is 114 Å². The molecule has 110 valence electrons. The molecule has 0 radical (unpaired) electrons. The number of rotatable bonds is 4. The van der Waals surface area contributed by atoms with Gasteiger partial charge in [-0.25, -0.2) is 4.98 Å². The van der Waals surface area contributed by atoms with Gasteiger partial charge in [0.2, 0.25) is 5.82 Å². The van der Waals surface area contributed by atoms with E-state index in [1.54, 1.807) is 0 Å². The van der Waals surface area contributed by atoms with Crippen LogP contribution in [0.1, 0.15) is 32.6 Å². The molecule has 7 nitrogen and oxygen atoms in total. The van der Waals surface area contributed by atoms with Crippen LogP contribution >= 0.6 is 0 Å². The Hall–Kier alpha value is -1.89. The highest BCUT2D eigenvalue weighted by Gasteiger charge is 2.35. The molecule has 1 aliphatic carbocycles. The number of nitrogens with zero attached hydrogens (tertiary/aromatic N) is 2. The smallest absolute Gasteiger partial charge is 0.311 e. The Labute approximate surface area is 117 Å². The predicted octanol–water partition coefficient (Wildman–Crippen LogP) is 1.93. The van der Waals surface area contributed by atoms with Crippen molar-refractivity contribution in [3.8, 4) is 0 Å². The Bertz CT molecular complexity index is 498. The molecule has 0 aromatic carbocycles. The van der Waals surface area contributed by atoms with Crippen LogP contribution in [-0.2, 0) is 0 Å². The van der Waals surface area contributed by atoms with E-state index in [4.69, 9.17) is 5.73 Å². The number of aromatic nitrogens is 1. The van der Waals surface area contributed by atoms with Crippen LogP contribution < -0.4 is 11.1 Å². The molecule has 0 bridgehead atoms. The summed E-state index contributed by atoms with van der Waals surface area (Å²) < 4.78 is 0. The molecule has 7 heteroatoms. The number of nitrogen functional groups attached to an aromatic ring is 1. The molecule has 0 saturated heterocycles. The molecule has 20 heavy (non-hydrogen) atoms. The fraction of sp³-hybridized carbons (Fsp3) is 0.615. The summed E-state index contributed by atoms with van der Waals surface area (Å²) in [5, 5.41) is 23.8. The largest absolute Gasteiger partial charge is 0.394 e. The molecule has 0 amide bonds. The maximum absolute atomic E-state index is 11.0. The van der Waals surface area contributed by atoms with E-state index < -0.39 is 10.5 Å². The van der Waals surface area contributed by atoms with E-state index in [1.807, 2.05) is 0 Å². The van der Waals surface area contributed by atoms with E-state index in [0.29, 0.717) is 5.92 Å². The zero-order valence-corrected chi connectivity index (χ0v) is 11.5. The van der Waals surface area contributed by atoms with Gasteiger partial charge in [-0.2, -0.15) is 0 Å². The third kappa shape index (κ3) is 2.98. The highest BCUT2D eigenvalue weighted by atomic mass is 16.6. The second kappa shape index (κ2) is 5.62.